The highest BCUT2D eigenvalue weighted by Gasteiger charge is 2.54. The molecule has 0 amide bonds. The van der Waals surface area contributed by atoms with Crippen molar-refractivity contribution in [1.29, 1.82) is 0 Å². The average Bonchev–Trinajstić information content (AvgIpc) is 2.57. The first-order valence-corrected chi connectivity index (χ1v) is 5.42. The normalized spacial score (nSPS) is 48.7. The maximum Gasteiger partial charge on any atom is 0.0501 e. The smallest absolute Gasteiger partial charge is 0.0501 e. The number of likely N-dealkylation sites (tertiary alicyclic amines) is 1. The molecule has 3 nitrogen and oxygen atoms in total. The van der Waals surface area contributed by atoms with Crippen molar-refractivity contribution >= 4 is 0 Å². The highest BCUT2D eigenvalue weighted by molar-refractivity contribution is 5.03. The summed E-state index contributed by atoms with van der Waals surface area (Å²) in [6, 6.07) is 0.697. The molecule has 2 N–H and O–H groups in total. The Bertz CT molecular complexity index is 194. The van der Waals surface area contributed by atoms with Crippen LogP contribution in [0.4, 0.5) is 0 Å². The van der Waals surface area contributed by atoms with E-state index in [-0.39, 0.29) is 0 Å². The van der Waals surface area contributed by atoms with Gasteiger partial charge in [0.1, 0.15) is 0 Å². The Hall–Kier alpha value is -0.120. The molecule has 1 saturated carbocycles. The minimum absolute atomic E-state index is 0.697. The van der Waals surface area contributed by atoms with Crippen molar-refractivity contribution in [3.8, 4) is 0 Å². The monoisotopic (exact) mass is 182 g/mol. The van der Waals surface area contributed by atoms with E-state index in [0.717, 1.165) is 37.5 Å². The first-order chi connectivity index (χ1) is 6.40. The summed E-state index contributed by atoms with van der Waals surface area (Å²) in [4.78, 5) is 2.56. The summed E-state index contributed by atoms with van der Waals surface area (Å²) in [5, 5.41) is 0. The van der Waals surface area contributed by atoms with Gasteiger partial charge >= 0.3 is 0 Å². The fourth-order valence-electron chi connectivity index (χ4n) is 2.90. The fourth-order valence-corrected chi connectivity index (χ4v) is 2.90. The standard InChI is InChI=1S/C10H18N2O/c11-3-7-1-2-12(7)4-8-9-5-13-6-10(8)9/h7-10H,1-6,11H2. The molecule has 2 aliphatic heterocycles. The molecule has 1 aliphatic carbocycles. The van der Waals surface area contributed by atoms with Crippen LogP contribution in [0, 0.1) is 17.8 Å². The van der Waals surface area contributed by atoms with E-state index in [2.05, 4.69) is 4.90 Å². The Kier molecular flexibility index (Phi) is 1.86. The lowest BCUT2D eigenvalue weighted by atomic mass is 10.0. The summed E-state index contributed by atoms with van der Waals surface area (Å²) in [6.07, 6.45) is 1.31. The minimum atomic E-state index is 0.697. The molecule has 2 heterocycles. The van der Waals surface area contributed by atoms with Crippen molar-refractivity contribution in [1.82, 2.24) is 4.90 Å². The van der Waals surface area contributed by atoms with Gasteiger partial charge in [-0.05, 0) is 24.2 Å². The van der Waals surface area contributed by atoms with Crippen LogP contribution < -0.4 is 5.73 Å². The van der Waals surface area contributed by atoms with Crippen LogP contribution in [-0.4, -0.2) is 43.8 Å². The second-order valence-corrected chi connectivity index (χ2v) is 4.70. The molecule has 3 atom stereocenters. The molecule has 3 unspecified atom stereocenters. The molecule has 2 saturated heterocycles. The molecule has 13 heavy (non-hydrogen) atoms. The van der Waals surface area contributed by atoms with Gasteiger partial charge in [0.15, 0.2) is 0 Å². The number of nitrogens with two attached hydrogens (primary N) is 1. The van der Waals surface area contributed by atoms with E-state index < -0.39 is 0 Å². The summed E-state index contributed by atoms with van der Waals surface area (Å²) in [5.74, 6) is 2.75. The van der Waals surface area contributed by atoms with Gasteiger partial charge in [-0.3, -0.25) is 4.90 Å². The SMILES string of the molecule is NCC1CCN1CC1C2COCC21. The maximum atomic E-state index is 5.67. The number of nitrogens with zero attached hydrogens (tertiary/aromatic N) is 1. The minimum Gasteiger partial charge on any atom is -0.381 e. The fraction of sp³-hybridized carbons (Fsp3) is 1.00. The van der Waals surface area contributed by atoms with Gasteiger partial charge in [0, 0.05) is 25.7 Å². The third-order valence-electron chi connectivity index (χ3n) is 4.11. The van der Waals surface area contributed by atoms with E-state index in [1.54, 1.807) is 0 Å². The third-order valence-corrected chi connectivity index (χ3v) is 4.11. The predicted molar refractivity (Wildman–Crippen MR) is 50.3 cm³/mol. The first-order valence-electron chi connectivity index (χ1n) is 5.42. The van der Waals surface area contributed by atoms with Crippen molar-refractivity contribution in [2.24, 2.45) is 23.5 Å². The van der Waals surface area contributed by atoms with Gasteiger partial charge in [-0.15, -0.1) is 0 Å². The summed E-state index contributed by atoms with van der Waals surface area (Å²) >= 11 is 0. The van der Waals surface area contributed by atoms with Gasteiger partial charge in [-0.2, -0.15) is 0 Å². The molecule has 3 heteroatoms. The maximum absolute atomic E-state index is 5.67. The molecule has 0 aromatic carbocycles. The van der Waals surface area contributed by atoms with Gasteiger partial charge in [0.25, 0.3) is 0 Å². The van der Waals surface area contributed by atoms with Gasteiger partial charge in [-0.25, -0.2) is 0 Å². The second kappa shape index (κ2) is 2.94. The lowest BCUT2D eigenvalue weighted by molar-refractivity contribution is 0.0728. The molecule has 3 aliphatic rings. The summed E-state index contributed by atoms with van der Waals surface area (Å²) < 4.78 is 5.38. The predicted octanol–water partition coefficient (Wildman–Crippen LogP) is -0.0882. The number of rotatable bonds is 3. The van der Waals surface area contributed by atoms with Crippen LogP contribution in [0.25, 0.3) is 0 Å². The number of ether oxygens (including phenoxy) is 1. The summed E-state index contributed by atoms with van der Waals surface area (Å²) in [5.41, 5.74) is 5.67. The number of fused-ring (bicyclic) bond motifs is 1. The quantitative estimate of drug-likeness (QED) is 0.663. The molecule has 0 radical (unpaired) electrons. The Balaban J connectivity index is 1.49. The molecule has 0 aromatic heterocycles. The van der Waals surface area contributed by atoms with E-state index in [0.29, 0.717) is 6.04 Å². The van der Waals surface area contributed by atoms with Crippen LogP contribution in [-0.2, 0) is 4.74 Å². The van der Waals surface area contributed by atoms with Crippen molar-refractivity contribution in [3.63, 3.8) is 0 Å². The van der Waals surface area contributed by atoms with Crippen molar-refractivity contribution in [2.75, 3.05) is 32.8 Å². The first kappa shape index (κ1) is 8.21. The van der Waals surface area contributed by atoms with E-state index in [1.807, 2.05) is 0 Å². The van der Waals surface area contributed by atoms with Gasteiger partial charge in [-0.1, -0.05) is 0 Å². The second-order valence-electron chi connectivity index (χ2n) is 4.70. The molecular weight excluding hydrogens is 164 g/mol. The molecule has 0 bridgehead atoms. The molecule has 0 aromatic rings. The molecule has 3 fully saturated rings. The lowest BCUT2D eigenvalue weighted by Crippen LogP contribution is -2.52. The summed E-state index contributed by atoms with van der Waals surface area (Å²) in [6.45, 7) is 5.46. The van der Waals surface area contributed by atoms with E-state index >= 15 is 0 Å². The van der Waals surface area contributed by atoms with Crippen LogP contribution in [0.3, 0.4) is 0 Å². The third kappa shape index (κ3) is 1.22. The zero-order chi connectivity index (χ0) is 8.84. The zero-order valence-corrected chi connectivity index (χ0v) is 7.98. The van der Waals surface area contributed by atoms with Crippen LogP contribution in [0.15, 0.2) is 0 Å². The highest BCUT2D eigenvalue weighted by atomic mass is 16.5. The Morgan fingerprint density at radius 3 is 2.62 bits per heavy atom. The topological polar surface area (TPSA) is 38.5 Å². The van der Waals surface area contributed by atoms with Gasteiger partial charge in [0.05, 0.1) is 13.2 Å². The van der Waals surface area contributed by atoms with E-state index in [9.17, 15) is 0 Å². The number of hydrogen-bond acceptors (Lipinski definition) is 3. The molecule has 74 valence electrons. The molecule has 3 rings (SSSR count). The van der Waals surface area contributed by atoms with E-state index in [4.69, 9.17) is 10.5 Å². The van der Waals surface area contributed by atoms with Crippen molar-refractivity contribution < 1.29 is 4.74 Å². The number of hydrogen-bond donors (Lipinski definition) is 1. The Morgan fingerprint density at radius 1 is 1.31 bits per heavy atom. The largest absolute Gasteiger partial charge is 0.381 e. The Labute approximate surface area is 79.2 Å². The average molecular weight is 182 g/mol. The van der Waals surface area contributed by atoms with Crippen LogP contribution in [0.1, 0.15) is 6.42 Å². The highest BCUT2D eigenvalue weighted by Crippen LogP contribution is 2.51. The van der Waals surface area contributed by atoms with Crippen LogP contribution in [0.2, 0.25) is 0 Å². The van der Waals surface area contributed by atoms with Crippen molar-refractivity contribution in [2.45, 2.75) is 12.5 Å². The molecular formula is C10H18N2O. The van der Waals surface area contributed by atoms with Crippen LogP contribution >= 0.6 is 0 Å². The summed E-state index contributed by atoms with van der Waals surface area (Å²) in [7, 11) is 0. The van der Waals surface area contributed by atoms with Crippen LogP contribution in [0.5, 0.6) is 0 Å². The lowest BCUT2D eigenvalue weighted by Gasteiger charge is -2.40. The van der Waals surface area contributed by atoms with E-state index in [1.165, 1.54) is 19.5 Å². The van der Waals surface area contributed by atoms with Crippen molar-refractivity contribution in [3.05, 3.63) is 0 Å². The van der Waals surface area contributed by atoms with Gasteiger partial charge in [0.2, 0.25) is 0 Å². The zero-order valence-electron chi connectivity index (χ0n) is 7.98. The van der Waals surface area contributed by atoms with Gasteiger partial charge < -0.3 is 10.5 Å². The molecule has 0 spiro atoms. The Morgan fingerprint density at radius 2 is 2.08 bits per heavy atom.